The van der Waals surface area contributed by atoms with Gasteiger partial charge in [-0.25, -0.2) is 0 Å². The van der Waals surface area contributed by atoms with Crippen LogP contribution in [0.4, 0.5) is 0 Å². The molecule has 0 aromatic rings. The lowest BCUT2D eigenvalue weighted by Crippen LogP contribution is -2.49. The van der Waals surface area contributed by atoms with Gasteiger partial charge in [0.1, 0.15) is 0 Å². The van der Waals surface area contributed by atoms with Crippen LogP contribution in [-0.4, -0.2) is 37.1 Å². The second kappa shape index (κ2) is 7.79. The minimum atomic E-state index is 0.734. The van der Waals surface area contributed by atoms with E-state index < -0.39 is 0 Å². The van der Waals surface area contributed by atoms with Gasteiger partial charge in [-0.05, 0) is 63.1 Å². The molecule has 1 heterocycles. The van der Waals surface area contributed by atoms with Gasteiger partial charge in [-0.15, -0.1) is 0 Å². The third-order valence-electron chi connectivity index (χ3n) is 5.74. The second-order valence-electron chi connectivity index (χ2n) is 7.86. The van der Waals surface area contributed by atoms with Crippen LogP contribution in [0.25, 0.3) is 0 Å². The van der Waals surface area contributed by atoms with Crippen molar-refractivity contribution in [1.29, 1.82) is 0 Å². The summed E-state index contributed by atoms with van der Waals surface area (Å²) in [4.78, 5) is 2.79. The standard InChI is InChI=1S/C18H36N2/c1-14(2)11-19-12-15(3)16(4)20-10-9-17-7-5-6-8-18(17)13-20/h14-19H,5-13H2,1-4H3. The Morgan fingerprint density at radius 2 is 1.65 bits per heavy atom. The Morgan fingerprint density at radius 3 is 2.35 bits per heavy atom. The molecule has 2 rings (SSSR count). The van der Waals surface area contributed by atoms with Gasteiger partial charge in [0, 0.05) is 12.6 Å². The molecule has 4 unspecified atom stereocenters. The molecular formula is C18H36N2. The van der Waals surface area contributed by atoms with Crippen molar-refractivity contribution in [2.45, 2.75) is 65.8 Å². The molecule has 1 saturated carbocycles. The molecule has 1 saturated heterocycles. The number of fused-ring (bicyclic) bond motifs is 1. The first-order chi connectivity index (χ1) is 9.58. The summed E-state index contributed by atoms with van der Waals surface area (Å²) in [7, 11) is 0. The molecule has 0 amide bonds. The molecule has 2 heteroatoms. The van der Waals surface area contributed by atoms with Gasteiger partial charge in [0.05, 0.1) is 0 Å². The van der Waals surface area contributed by atoms with Gasteiger partial charge in [-0.3, -0.25) is 0 Å². The SMILES string of the molecule is CC(C)CNCC(C)C(C)N1CCC2CCCCC2C1. The average molecular weight is 280 g/mol. The van der Waals surface area contributed by atoms with Crippen LogP contribution in [0.5, 0.6) is 0 Å². The zero-order valence-electron chi connectivity index (χ0n) is 14.2. The molecule has 20 heavy (non-hydrogen) atoms. The highest BCUT2D eigenvalue weighted by atomic mass is 15.2. The summed E-state index contributed by atoms with van der Waals surface area (Å²) in [5, 5.41) is 3.63. The molecule has 1 aliphatic carbocycles. The summed E-state index contributed by atoms with van der Waals surface area (Å²) in [5.74, 6) is 3.58. The molecule has 1 N–H and O–H groups in total. The lowest BCUT2D eigenvalue weighted by atomic mass is 9.74. The fraction of sp³-hybridized carbons (Fsp3) is 1.00. The second-order valence-corrected chi connectivity index (χ2v) is 7.86. The predicted molar refractivity (Wildman–Crippen MR) is 88.0 cm³/mol. The number of piperidine rings is 1. The van der Waals surface area contributed by atoms with Crippen LogP contribution in [0.15, 0.2) is 0 Å². The zero-order valence-corrected chi connectivity index (χ0v) is 14.2. The third kappa shape index (κ3) is 4.46. The van der Waals surface area contributed by atoms with Crippen molar-refractivity contribution in [3.05, 3.63) is 0 Å². The lowest BCUT2D eigenvalue weighted by molar-refractivity contribution is 0.0451. The highest BCUT2D eigenvalue weighted by Gasteiger charge is 2.33. The number of hydrogen-bond acceptors (Lipinski definition) is 2. The average Bonchev–Trinajstić information content (AvgIpc) is 2.45. The van der Waals surface area contributed by atoms with E-state index in [9.17, 15) is 0 Å². The van der Waals surface area contributed by atoms with E-state index in [-0.39, 0.29) is 0 Å². The van der Waals surface area contributed by atoms with Crippen LogP contribution in [0.1, 0.15) is 59.8 Å². The van der Waals surface area contributed by atoms with Crippen molar-refractivity contribution in [3.8, 4) is 0 Å². The Kier molecular flexibility index (Phi) is 6.35. The van der Waals surface area contributed by atoms with Gasteiger partial charge in [-0.1, -0.05) is 40.0 Å². The van der Waals surface area contributed by atoms with E-state index >= 15 is 0 Å². The van der Waals surface area contributed by atoms with E-state index in [1.54, 1.807) is 0 Å². The number of hydrogen-bond donors (Lipinski definition) is 1. The maximum atomic E-state index is 3.63. The molecule has 0 spiro atoms. The molecule has 0 aromatic heterocycles. The van der Waals surface area contributed by atoms with Crippen LogP contribution < -0.4 is 5.32 Å². The predicted octanol–water partition coefficient (Wildman–Crippen LogP) is 3.77. The first-order valence-corrected chi connectivity index (χ1v) is 9.02. The van der Waals surface area contributed by atoms with E-state index in [1.807, 2.05) is 0 Å². The van der Waals surface area contributed by atoms with Crippen molar-refractivity contribution in [2.24, 2.45) is 23.7 Å². The molecule has 2 aliphatic rings. The summed E-state index contributed by atoms with van der Waals surface area (Å²) < 4.78 is 0. The maximum absolute atomic E-state index is 3.63. The first kappa shape index (κ1) is 16.3. The minimum Gasteiger partial charge on any atom is -0.316 e. The lowest BCUT2D eigenvalue weighted by Gasteiger charge is -2.45. The molecule has 1 aliphatic heterocycles. The van der Waals surface area contributed by atoms with Crippen LogP contribution >= 0.6 is 0 Å². The Bertz CT molecular complexity index is 277. The Morgan fingerprint density at radius 1 is 0.950 bits per heavy atom. The minimum absolute atomic E-state index is 0.734. The highest BCUT2D eigenvalue weighted by Crippen LogP contribution is 2.37. The van der Waals surface area contributed by atoms with Crippen molar-refractivity contribution >= 4 is 0 Å². The number of likely N-dealkylation sites (tertiary alicyclic amines) is 1. The largest absolute Gasteiger partial charge is 0.316 e. The summed E-state index contributed by atoms with van der Waals surface area (Å²) in [6.07, 6.45) is 7.44. The van der Waals surface area contributed by atoms with Gasteiger partial charge < -0.3 is 10.2 Å². The first-order valence-electron chi connectivity index (χ1n) is 9.02. The smallest absolute Gasteiger partial charge is 0.0105 e. The topological polar surface area (TPSA) is 15.3 Å². The van der Waals surface area contributed by atoms with Crippen molar-refractivity contribution in [3.63, 3.8) is 0 Å². The van der Waals surface area contributed by atoms with Crippen LogP contribution in [-0.2, 0) is 0 Å². The fourth-order valence-electron chi connectivity index (χ4n) is 4.13. The van der Waals surface area contributed by atoms with Gasteiger partial charge in [0.15, 0.2) is 0 Å². The quantitative estimate of drug-likeness (QED) is 0.797. The monoisotopic (exact) mass is 280 g/mol. The molecular weight excluding hydrogens is 244 g/mol. The summed E-state index contributed by atoms with van der Waals surface area (Å²) >= 11 is 0. The summed E-state index contributed by atoms with van der Waals surface area (Å²) in [6, 6.07) is 0.734. The van der Waals surface area contributed by atoms with E-state index in [0.29, 0.717) is 0 Å². The van der Waals surface area contributed by atoms with Gasteiger partial charge >= 0.3 is 0 Å². The molecule has 2 fully saturated rings. The van der Waals surface area contributed by atoms with Gasteiger partial charge in [0.25, 0.3) is 0 Å². The van der Waals surface area contributed by atoms with Crippen molar-refractivity contribution < 1.29 is 0 Å². The molecule has 4 atom stereocenters. The Hall–Kier alpha value is -0.0800. The van der Waals surface area contributed by atoms with E-state index in [1.165, 1.54) is 51.7 Å². The van der Waals surface area contributed by atoms with Crippen LogP contribution in [0.2, 0.25) is 0 Å². The van der Waals surface area contributed by atoms with Gasteiger partial charge in [-0.2, -0.15) is 0 Å². The Balaban J connectivity index is 1.75. The van der Waals surface area contributed by atoms with Gasteiger partial charge in [0.2, 0.25) is 0 Å². The van der Waals surface area contributed by atoms with Crippen LogP contribution in [0.3, 0.4) is 0 Å². The fourth-order valence-corrected chi connectivity index (χ4v) is 4.13. The highest BCUT2D eigenvalue weighted by molar-refractivity contribution is 4.87. The summed E-state index contributed by atoms with van der Waals surface area (Å²) in [6.45, 7) is 14.5. The third-order valence-corrected chi connectivity index (χ3v) is 5.74. The van der Waals surface area contributed by atoms with E-state index in [0.717, 1.165) is 36.3 Å². The molecule has 0 radical (unpaired) electrons. The normalized spacial score (nSPS) is 31.1. The maximum Gasteiger partial charge on any atom is 0.0105 e. The molecule has 118 valence electrons. The molecule has 0 aromatic carbocycles. The Labute approximate surface area is 126 Å². The molecule has 2 nitrogen and oxygen atoms in total. The molecule has 0 bridgehead atoms. The van der Waals surface area contributed by atoms with E-state index in [2.05, 4.69) is 37.9 Å². The van der Waals surface area contributed by atoms with Crippen molar-refractivity contribution in [1.82, 2.24) is 10.2 Å². The van der Waals surface area contributed by atoms with Crippen LogP contribution in [0, 0.1) is 23.7 Å². The van der Waals surface area contributed by atoms with E-state index in [4.69, 9.17) is 0 Å². The number of nitrogens with zero attached hydrogens (tertiary/aromatic N) is 1. The number of rotatable bonds is 6. The van der Waals surface area contributed by atoms with Crippen molar-refractivity contribution in [2.75, 3.05) is 26.2 Å². The summed E-state index contributed by atoms with van der Waals surface area (Å²) in [5.41, 5.74) is 0. The number of nitrogens with one attached hydrogen (secondary N) is 1. The zero-order chi connectivity index (χ0) is 14.5.